The fourth-order valence-electron chi connectivity index (χ4n) is 2.56. The van der Waals surface area contributed by atoms with Gasteiger partial charge in [-0.15, -0.1) is 0 Å². The third-order valence-electron chi connectivity index (χ3n) is 4.10. The van der Waals surface area contributed by atoms with Crippen molar-refractivity contribution >= 4 is 11.7 Å². The van der Waals surface area contributed by atoms with Crippen LogP contribution in [0.25, 0.3) is 0 Å². The number of benzene rings is 1. The Morgan fingerprint density at radius 3 is 2.58 bits per heavy atom. The van der Waals surface area contributed by atoms with Crippen molar-refractivity contribution in [3.05, 3.63) is 29.3 Å². The molecule has 19 heavy (non-hydrogen) atoms. The molecule has 0 heterocycles. The van der Waals surface area contributed by atoms with Crippen LogP contribution in [-0.4, -0.2) is 12.1 Å². The smallest absolute Gasteiger partial charge is 0.340 e. The van der Waals surface area contributed by atoms with Gasteiger partial charge in [0.1, 0.15) is 6.10 Å². The van der Waals surface area contributed by atoms with Crippen LogP contribution in [0.1, 0.15) is 55.5 Å². The molecular weight excluding hydrogens is 238 g/mol. The van der Waals surface area contributed by atoms with Crippen molar-refractivity contribution in [2.45, 2.75) is 52.6 Å². The van der Waals surface area contributed by atoms with Gasteiger partial charge in [0, 0.05) is 5.69 Å². The molecule has 0 aliphatic heterocycles. The minimum absolute atomic E-state index is 0.0421. The van der Waals surface area contributed by atoms with E-state index in [-0.39, 0.29) is 12.1 Å². The monoisotopic (exact) mass is 261 g/mol. The van der Waals surface area contributed by atoms with Gasteiger partial charge in [0.25, 0.3) is 0 Å². The molecule has 2 rings (SSSR count). The van der Waals surface area contributed by atoms with E-state index < -0.39 is 0 Å². The van der Waals surface area contributed by atoms with Crippen LogP contribution in [0.4, 0.5) is 5.69 Å². The second kappa shape index (κ2) is 5.24. The number of ether oxygens (including phenoxy) is 1. The molecule has 1 aliphatic carbocycles. The van der Waals surface area contributed by atoms with Crippen molar-refractivity contribution in [2.75, 3.05) is 5.73 Å². The van der Waals surface area contributed by atoms with E-state index in [0.717, 1.165) is 31.2 Å². The number of carbonyl (C=O) groups is 1. The first kappa shape index (κ1) is 13.9. The molecule has 0 spiro atoms. The summed E-state index contributed by atoms with van der Waals surface area (Å²) in [6.45, 7) is 6.43. The maximum absolute atomic E-state index is 12.1. The molecule has 0 bridgehead atoms. The van der Waals surface area contributed by atoms with E-state index in [2.05, 4.69) is 13.8 Å². The van der Waals surface area contributed by atoms with Crippen LogP contribution < -0.4 is 5.73 Å². The van der Waals surface area contributed by atoms with Gasteiger partial charge in [-0.3, -0.25) is 0 Å². The Balaban J connectivity index is 2.00. The molecule has 0 saturated heterocycles. The van der Waals surface area contributed by atoms with E-state index in [1.807, 2.05) is 19.1 Å². The standard InChI is InChI=1S/C16H23NO2/c1-11-5-4-6-13(14(11)17)15(18)19-12-7-9-16(2,3)10-8-12/h4-6,12H,7-10,17H2,1-3H3. The van der Waals surface area contributed by atoms with Crippen molar-refractivity contribution in [3.8, 4) is 0 Å². The van der Waals surface area contributed by atoms with Crippen LogP contribution >= 0.6 is 0 Å². The lowest BCUT2D eigenvalue weighted by atomic mass is 9.76. The third kappa shape index (κ3) is 3.28. The summed E-state index contributed by atoms with van der Waals surface area (Å²) in [7, 11) is 0. The minimum Gasteiger partial charge on any atom is -0.459 e. The van der Waals surface area contributed by atoms with Crippen molar-refractivity contribution in [2.24, 2.45) is 5.41 Å². The molecule has 0 unspecified atom stereocenters. The van der Waals surface area contributed by atoms with Crippen molar-refractivity contribution in [1.29, 1.82) is 0 Å². The van der Waals surface area contributed by atoms with Gasteiger partial charge in [0.15, 0.2) is 0 Å². The van der Waals surface area contributed by atoms with E-state index in [0.29, 0.717) is 16.7 Å². The predicted molar refractivity (Wildman–Crippen MR) is 77.0 cm³/mol. The minimum atomic E-state index is -0.286. The van der Waals surface area contributed by atoms with Gasteiger partial charge in [-0.1, -0.05) is 26.0 Å². The molecule has 1 saturated carbocycles. The number of hydrogen-bond acceptors (Lipinski definition) is 3. The van der Waals surface area contributed by atoms with E-state index >= 15 is 0 Å². The van der Waals surface area contributed by atoms with Crippen molar-refractivity contribution in [1.82, 2.24) is 0 Å². The maximum Gasteiger partial charge on any atom is 0.340 e. The molecule has 1 aliphatic rings. The van der Waals surface area contributed by atoms with E-state index in [1.165, 1.54) is 0 Å². The maximum atomic E-state index is 12.1. The molecule has 3 heteroatoms. The van der Waals surface area contributed by atoms with Crippen molar-refractivity contribution < 1.29 is 9.53 Å². The highest BCUT2D eigenvalue weighted by Gasteiger charge is 2.29. The topological polar surface area (TPSA) is 52.3 Å². The van der Waals surface area contributed by atoms with Crippen LogP contribution in [0.3, 0.4) is 0 Å². The zero-order valence-corrected chi connectivity index (χ0v) is 12.0. The van der Waals surface area contributed by atoms with E-state index in [4.69, 9.17) is 10.5 Å². The molecule has 0 aromatic heterocycles. The number of aryl methyl sites for hydroxylation is 1. The van der Waals surface area contributed by atoms with Crippen LogP contribution in [-0.2, 0) is 4.74 Å². The van der Waals surface area contributed by atoms with Gasteiger partial charge in [-0.05, 0) is 49.7 Å². The summed E-state index contributed by atoms with van der Waals surface area (Å²) in [5, 5.41) is 0. The Kier molecular flexibility index (Phi) is 3.83. The van der Waals surface area contributed by atoms with Crippen LogP contribution in [0, 0.1) is 12.3 Å². The highest BCUT2D eigenvalue weighted by atomic mass is 16.5. The van der Waals surface area contributed by atoms with Crippen LogP contribution in [0.2, 0.25) is 0 Å². The molecule has 0 amide bonds. The molecule has 1 aromatic carbocycles. The normalized spacial score (nSPS) is 19.1. The lowest BCUT2D eigenvalue weighted by Gasteiger charge is -2.33. The Labute approximate surface area is 115 Å². The van der Waals surface area contributed by atoms with Crippen molar-refractivity contribution in [3.63, 3.8) is 0 Å². The van der Waals surface area contributed by atoms with Gasteiger partial charge >= 0.3 is 5.97 Å². The second-order valence-corrected chi connectivity index (χ2v) is 6.31. The Bertz CT molecular complexity index is 470. The molecular formula is C16H23NO2. The highest BCUT2D eigenvalue weighted by molar-refractivity contribution is 5.95. The summed E-state index contributed by atoms with van der Waals surface area (Å²) < 4.78 is 5.59. The highest BCUT2D eigenvalue weighted by Crippen LogP contribution is 2.36. The molecule has 0 atom stereocenters. The Morgan fingerprint density at radius 1 is 1.32 bits per heavy atom. The molecule has 104 valence electrons. The Hall–Kier alpha value is -1.51. The fraction of sp³-hybridized carbons (Fsp3) is 0.562. The SMILES string of the molecule is Cc1cccc(C(=O)OC2CCC(C)(C)CC2)c1N. The number of esters is 1. The fourth-order valence-corrected chi connectivity index (χ4v) is 2.56. The zero-order valence-electron chi connectivity index (χ0n) is 12.0. The van der Waals surface area contributed by atoms with E-state index in [1.54, 1.807) is 6.07 Å². The number of anilines is 1. The molecule has 3 nitrogen and oxygen atoms in total. The summed E-state index contributed by atoms with van der Waals surface area (Å²) in [5.41, 5.74) is 8.25. The van der Waals surface area contributed by atoms with Gasteiger partial charge < -0.3 is 10.5 Å². The number of hydrogen-bond donors (Lipinski definition) is 1. The first-order valence-electron chi connectivity index (χ1n) is 6.95. The zero-order chi connectivity index (χ0) is 14.0. The average molecular weight is 261 g/mol. The van der Waals surface area contributed by atoms with Gasteiger partial charge in [-0.2, -0.15) is 0 Å². The van der Waals surface area contributed by atoms with Crippen LogP contribution in [0.15, 0.2) is 18.2 Å². The summed E-state index contributed by atoms with van der Waals surface area (Å²) in [4.78, 5) is 12.1. The number of nitrogen functional groups attached to an aromatic ring is 1. The quantitative estimate of drug-likeness (QED) is 0.652. The van der Waals surface area contributed by atoms with Gasteiger partial charge in [-0.25, -0.2) is 4.79 Å². The third-order valence-corrected chi connectivity index (χ3v) is 4.10. The molecule has 1 fully saturated rings. The number of rotatable bonds is 2. The molecule has 2 N–H and O–H groups in total. The summed E-state index contributed by atoms with van der Waals surface area (Å²) in [6, 6.07) is 5.47. The van der Waals surface area contributed by atoms with E-state index in [9.17, 15) is 4.79 Å². The lowest BCUT2D eigenvalue weighted by Crippen LogP contribution is -2.28. The largest absolute Gasteiger partial charge is 0.459 e. The summed E-state index contributed by atoms with van der Waals surface area (Å²) >= 11 is 0. The molecule has 0 radical (unpaired) electrons. The first-order chi connectivity index (χ1) is 8.89. The number of para-hydroxylation sites is 1. The number of nitrogens with two attached hydrogens (primary N) is 1. The average Bonchev–Trinajstić information content (AvgIpc) is 2.35. The number of carbonyl (C=O) groups excluding carboxylic acids is 1. The summed E-state index contributed by atoms with van der Waals surface area (Å²) in [5.74, 6) is -0.286. The first-order valence-corrected chi connectivity index (χ1v) is 6.95. The molecule has 1 aromatic rings. The summed E-state index contributed by atoms with van der Waals surface area (Å²) in [6.07, 6.45) is 4.15. The second-order valence-electron chi connectivity index (χ2n) is 6.31. The van der Waals surface area contributed by atoms with Gasteiger partial charge in [0.2, 0.25) is 0 Å². The lowest BCUT2D eigenvalue weighted by molar-refractivity contribution is 0.00962. The predicted octanol–water partition coefficient (Wildman–Crippen LogP) is 3.70. The van der Waals surface area contributed by atoms with Gasteiger partial charge in [0.05, 0.1) is 5.56 Å². The van der Waals surface area contributed by atoms with Crippen LogP contribution in [0.5, 0.6) is 0 Å². The Morgan fingerprint density at radius 2 is 1.95 bits per heavy atom.